The molecule has 1 unspecified atom stereocenters. The summed E-state index contributed by atoms with van der Waals surface area (Å²) in [5.41, 5.74) is 9.48. The molecule has 92 valence electrons. The Bertz CT molecular complexity index is 536. The third kappa shape index (κ3) is 2.78. The van der Waals surface area contributed by atoms with Crippen LogP contribution in [0.1, 0.15) is 12.8 Å². The normalized spacial score (nSPS) is 18.8. The van der Waals surface area contributed by atoms with Crippen molar-refractivity contribution in [2.75, 3.05) is 5.32 Å². The fraction of sp³-hybridized carbons (Fsp3) is 0.273. The SMILES string of the molecule is [N-]=[N+]=Nc1cccc(NC2CCC(=O)NC2=O)c1. The summed E-state index contributed by atoms with van der Waals surface area (Å²) in [6.45, 7) is 0. The average Bonchev–Trinajstić information content (AvgIpc) is 2.34. The molecule has 1 saturated heterocycles. The minimum absolute atomic E-state index is 0.249. The van der Waals surface area contributed by atoms with Gasteiger partial charge in [0, 0.05) is 22.7 Å². The Morgan fingerprint density at radius 3 is 3.00 bits per heavy atom. The van der Waals surface area contributed by atoms with Gasteiger partial charge in [-0.2, -0.15) is 0 Å². The smallest absolute Gasteiger partial charge is 0.249 e. The molecule has 0 aliphatic carbocycles. The maximum atomic E-state index is 11.5. The number of imide groups is 1. The number of carbonyl (C=O) groups excluding carboxylic acids is 2. The number of rotatable bonds is 3. The lowest BCUT2D eigenvalue weighted by Gasteiger charge is -2.22. The van der Waals surface area contributed by atoms with Gasteiger partial charge < -0.3 is 5.32 Å². The molecule has 1 aliphatic heterocycles. The summed E-state index contributed by atoms with van der Waals surface area (Å²) < 4.78 is 0. The fourth-order valence-electron chi connectivity index (χ4n) is 1.74. The van der Waals surface area contributed by atoms with E-state index in [0.717, 1.165) is 0 Å². The number of hydrogen-bond acceptors (Lipinski definition) is 4. The van der Waals surface area contributed by atoms with Gasteiger partial charge in [-0.05, 0) is 24.1 Å². The van der Waals surface area contributed by atoms with Crippen LogP contribution < -0.4 is 10.6 Å². The number of piperidine rings is 1. The summed E-state index contributed by atoms with van der Waals surface area (Å²) in [5.74, 6) is -0.582. The zero-order valence-electron chi connectivity index (χ0n) is 9.46. The van der Waals surface area contributed by atoms with Gasteiger partial charge in [-0.3, -0.25) is 14.9 Å². The number of nitrogens with one attached hydrogen (secondary N) is 2. The standard InChI is InChI=1S/C11H11N5O2/c12-16-15-8-3-1-2-7(6-8)13-9-4-5-10(17)14-11(9)18/h1-3,6,9,13H,4-5H2,(H,14,17,18). The summed E-state index contributed by atoms with van der Waals surface area (Å²) in [4.78, 5) is 25.2. The molecule has 0 radical (unpaired) electrons. The number of azide groups is 1. The maximum Gasteiger partial charge on any atom is 0.249 e. The van der Waals surface area contributed by atoms with E-state index in [2.05, 4.69) is 20.7 Å². The van der Waals surface area contributed by atoms with Gasteiger partial charge in [0.2, 0.25) is 11.8 Å². The Morgan fingerprint density at radius 1 is 1.44 bits per heavy atom. The van der Waals surface area contributed by atoms with Crippen LogP contribution >= 0.6 is 0 Å². The number of hydrogen-bond donors (Lipinski definition) is 2. The van der Waals surface area contributed by atoms with Crippen molar-refractivity contribution in [1.29, 1.82) is 0 Å². The molecule has 0 spiro atoms. The average molecular weight is 245 g/mol. The van der Waals surface area contributed by atoms with Crippen LogP contribution in [-0.4, -0.2) is 17.9 Å². The molecule has 0 aromatic heterocycles. The molecule has 1 aliphatic rings. The lowest BCUT2D eigenvalue weighted by molar-refractivity contribution is -0.133. The maximum absolute atomic E-state index is 11.5. The van der Waals surface area contributed by atoms with Crippen LogP contribution in [0.3, 0.4) is 0 Å². The highest BCUT2D eigenvalue weighted by Gasteiger charge is 2.26. The largest absolute Gasteiger partial charge is 0.374 e. The Labute approximate surface area is 103 Å². The van der Waals surface area contributed by atoms with Crippen LogP contribution in [0, 0.1) is 0 Å². The lowest BCUT2D eigenvalue weighted by atomic mass is 10.1. The molecule has 7 nitrogen and oxygen atoms in total. The van der Waals surface area contributed by atoms with Gasteiger partial charge in [-0.25, -0.2) is 0 Å². The van der Waals surface area contributed by atoms with Gasteiger partial charge in [0.15, 0.2) is 0 Å². The van der Waals surface area contributed by atoms with Gasteiger partial charge in [0.1, 0.15) is 6.04 Å². The molecule has 2 N–H and O–H groups in total. The van der Waals surface area contributed by atoms with Crippen LogP contribution in [0.2, 0.25) is 0 Å². The molecule has 1 atom stereocenters. The molecule has 2 rings (SSSR count). The molecule has 1 aromatic carbocycles. The Balaban J connectivity index is 2.09. The summed E-state index contributed by atoms with van der Waals surface area (Å²) in [6, 6.07) is 6.35. The van der Waals surface area contributed by atoms with Crippen LogP contribution in [0.5, 0.6) is 0 Å². The van der Waals surface area contributed by atoms with Gasteiger partial charge in [0.05, 0.1) is 0 Å². The van der Waals surface area contributed by atoms with Crippen molar-refractivity contribution in [1.82, 2.24) is 5.32 Å². The summed E-state index contributed by atoms with van der Waals surface area (Å²) in [5, 5.41) is 8.75. The van der Waals surface area contributed by atoms with E-state index in [9.17, 15) is 9.59 Å². The Hall–Kier alpha value is -2.53. The molecule has 2 amide bonds. The molecule has 1 heterocycles. The van der Waals surface area contributed by atoms with Gasteiger partial charge >= 0.3 is 0 Å². The molecule has 0 bridgehead atoms. The van der Waals surface area contributed by atoms with Gasteiger partial charge in [0.25, 0.3) is 0 Å². The first-order chi connectivity index (χ1) is 8.69. The lowest BCUT2D eigenvalue weighted by Crippen LogP contribution is -2.47. The summed E-state index contributed by atoms with van der Waals surface area (Å²) >= 11 is 0. The van der Waals surface area contributed by atoms with Crippen LogP contribution in [0.25, 0.3) is 10.4 Å². The second kappa shape index (κ2) is 5.20. The van der Waals surface area contributed by atoms with Crippen molar-refractivity contribution in [3.63, 3.8) is 0 Å². The van der Waals surface area contributed by atoms with Crippen molar-refractivity contribution < 1.29 is 9.59 Å². The first-order valence-corrected chi connectivity index (χ1v) is 5.44. The summed E-state index contributed by atoms with van der Waals surface area (Å²) in [7, 11) is 0. The fourth-order valence-corrected chi connectivity index (χ4v) is 1.74. The minimum atomic E-state index is -0.441. The van der Waals surface area contributed by atoms with E-state index in [4.69, 9.17) is 5.53 Å². The van der Waals surface area contributed by atoms with E-state index >= 15 is 0 Å². The molecule has 1 aromatic rings. The first kappa shape index (κ1) is 11.9. The number of anilines is 1. The molecular weight excluding hydrogens is 234 g/mol. The second-order valence-electron chi connectivity index (χ2n) is 3.89. The Kier molecular flexibility index (Phi) is 3.45. The van der Waals surface area contributed by atoms with E-state index in [1.807, 2.05) is 0 Å². The highest BCUT2D eigenvalue weighted by Crippen LogP contribution is 2.20. The predicted molar refractivity (Wildman–Crippen MR) is 65.0 cm³/mol. The zero-order valence-corrected chi connectivity index (χ0v) is 9.46. The molecule has 18 heavy (non-hydrogen) atoms. The number of amides is 2. The van der Waals surface area contributed by atoms with Crippen molar-refractivity contribution in [2.24, 2.45) is 5.11 Å². The first-order valence-electron chi connectivity index (χ1n) is 5.44. The molecule has 0 saturated carbocycles. The third-order valence-corrected chi connectivity index (χ3v) is 2.59. The third-order valence-electron chi connectivity index (χ3n) is 2.59. The van der Waals surface area contributed by atoms with E-state index in [1.54, 1.807) is 24.3 Å². The molecule has 7 heteroatoms. The van der Waals surface area contributed by atoms with E-state index in [-0.39, 0.29) is 11.8 Å². The van der Waals surface area contributed by atoms with Crippen LogP contribution in [0.4, 0.5) is 11.4 Å². The zero-order chi connectivity index (χ0) is 13.0. The second-order valence-corrected chi connectivity index (χ2v) is 3.89. The minimum Gasteiger partial charge on any atom is -0.374 e. The monoisotopic (exact) mass is 245 g/mol. The summed E-state index contributed by atoms with van der Waals surface area (Å²) in [6.07, 6.45) is 0.774. The highest BCUT2D eigenvalue weighted by molar-refractivity contribution is 6.01. The van der Waals surface area contributed by atoms with Crippen molar-refractivity contribution in [3.05, 3.63) is 34.7 Å². The van der Waals surface area contributed by atoms with E-state index in [1.165, 1.54) is 0 Å². The van der Waals surface area contributed by atoms with Crippen molar-refractivity contribution in [3.8, 4) is 0 Å². The number of benzene rings is 1. The predicted octanol–water partition coefficient (Wildman–Crippen LogP) is 1.85. The van der Waals surface area contributed by atoms with Crippen molar-refractivity contribution >= 4 is 23.2 Å². The van der Waals surface area contributed by atoms with E-state index in [0.29, 0.717) is 24.2 Å². The van der Waals surface area contributed by atoms with E-state index < -0.39 is 6.04 Å². The quantitative estimate of drug-likeness (QED) is 0.367. The number of nitrogens with zero attached hydrogens (tertiary/aromatic N) is 3. The van der Waals surface area contributed by atoms with Gasteiger partial charge in [-0.1, -0.05) is 17.2 Å². The highest BCUT2D eigenvalue weighted by atomic mass is 16.2. The van der Waals surface area contributed by atoms with Crippen LogP contribution in [0.15, 0.2) is 29.4 Å². The number of carbonyl (C=O) groups is 2. The molecular formula is C11H11N5O2. The Morgan fingerprint density at radius 2 is 2.28 bits per heavy atom. The topological polar surface area (TPSA) is 107 Å². The van der Waals surface area contributed by atoms with Gasteiger partial charge in [-0.15, -0.1) is 0 Å². The van der Waals surface area contributed by atoms with Crippen molar-refractivity contribution in [2.45, 2.75) is 18.9 Å². The molecule has 1 fully saturated rings. The van der Waals surface area contributed by atoms with Crippen LogP contribution in [-0.2, 0) is 9.59 Å².